The molecule has 0 saturated carbocycles. The quantitative estimate of drug-likeness (QED) is 0.318. The van der Waals surface area contributed by atoms with E-state index < -0.39 is 23.5 Å². The average molecular weight is 508 g/mol. The third-order valence-electron chi connectivity index (χ3n) is 6.41. The van der Waals surface area contributed by atoms with Gasteiger partial charge in [0.1, 0.15) is 12.4 Å². The zero-order valence-electron chi connectivity index (χ0n) is 20.0. The van der Waals surface area contributed by atoms with Gasteiger partial charge in [0.25, 0.3) is 0 Å². The standard InChI is InChI=1S/C28H27F6NO/c1-35(2)16-19-5-8-22-14-26(10-9-21(22)11-19)36-17-18-3-6-20(7-4-18)23-12-24(27(29,30)31)15-25(13-23)28(32,33)34/h3-4,6-7,9-10,12-15,19H,5,8,11,16-17H2,1-2H3. The lowest BCUT2D eigenvalue weighted by molar-refractivity contribution is -0.143. The lowest BCUT2D eigenvalue weighted by Gasteiger charge is -2.27. The van der Waals surface area contributed by atoms with Gasteiger partial charge in [-0.05, 0) is 97.4 Å². The SMILES string of the molecule is CN(C)CC1CCc2cc(OCc3ccc(-c4cc(C(F)(F)F)cc(C(F)(F)F)c4)cc3)ccc2C1. The molecule has 1 aliphatic rings. The molecular formula is C28H27F6NO. The number of nitrogens with zero attached hydrogens (tertiary/aromatic N) is 1. The fraction of sp³-hybridized carbons (Fsp3) is 0.357. The van der Waals surface area contributed by atoms with Crippen molar-refractivity contribution in [2.75, 3.05) is 20.6 Å². The molecule has 192 valence electrons. The van der Waals surface area contributed by atoms with E-state index in [2.05, 4.69) is 31.1 Å². The Morgan fingerprint density at radius 3 is 2.00 bits per heavy atom. The Morgan fingerprint density at radius 2 is 1.42 bits per heavy atom. The molecule has 0 aliphatic heterocycles. The summed E-state index contributed by atoms with van der Waals surface area (Å²) < 4.78 is 84.9. The molecule has 0 amide bonds. The van der Waals surface area contributed by atoms with Crippen LogP contribution in [0.2, 0.25) is 0 Å². The number of aryl methyl sites for hydroxylation is 1. The van der Waals surface area contributed by atoms with E-state index in [-0.39, 0.29) is 23.8 Å². The summed E-state index contributed by atoms with van der Waals surface area (Å²) in [5.74, 6) is 1.37. The number of hydrogen-bond acceptors (Lipinski definition) is 2. The average Bonchev–Trinajstić information content (AvgIpc) is 2.81. The van der Waals surface area contributed by atoms with Gasteiger partial charge < -0.3 is 9.64 Å². The van der Waals surface area contributed by atoms with Crippen molar-refractivity contribution in [2.45, 2.75) is 38.2 Å². The van der Waals surface area contributed by atoms with Crippen molar-refractivity contribution in [3.05, 3.63) is 88.5 Å². The van der Waals surface area contributed by atoms with Crippen molar-refractivity contribution < 1.29 is 31.1 Å². The molecule has 36 heavy (non-hydrogen) atoms. The Balaban J connectivity index is 1.45. The van der Waals surface area contributed by atoms with Crippen LogP contribution in [0.15, 0.2) is 60.7 Å². The summed E-state index contributed by atoms with van der Waals surface area (Å²) in [6.45, 7) is 1.30. The van der Waals surface area contributed by atoms with Crippen LogP contribution in [-0.4, -0.2) is 25.5 Å². The lowest BCUT2D eigenvalue weighted by Crippen LogP contribution is -2.26. The van der Waals surface area contributed by atoms with Crippen LogP contribution in [0.4, 0.5) is 26.3 Å². The molecule has 0 N–H and O–H groups in total. The summed E-state index contributed by atoms with van der Waals surface area (Å²) in [6.07, 6.45) is -6.60. The summed E-state index contributed by atoms with van der Waals surface area (Å²) in [4.78, 5) is 2.21. The molecule has 0 heterocycles. The second kappa shape index (κ2) is 10.2. The van der Waals surface area contributed by atoms with Crippen molar-refractivity contribution in [2.24, 2.45) is 5.92 Å². The first-order valence-electron chi connectivity index (χ1n) is 11.7. The number of benzene rings is 3. The first kappa shape index (κ1) is 26.1. The molecular weight excluding hydrogens is 480 g/mol. The molecule has 1 unspecified atom stereocenters. The van der Waals surface area contributed by atoms with Crippen LogP contribution in [0.3, 0.4) is 0 Å². The Hall–Kier alpha value is -3.00. The van der Waals surface area contributed by atoms with E-state index in [0.29, 0.717) is 5.92 Å². The van der Waals surface area contributed by atoms with Gasteiger partial charge in [-0.25, -0.2) is 0 Å². The summed E-state index contributed by atoms with van der Waals surface area (Å²) >= 11 is 0. The molecule has 4 rings (SSSR count). The summed E-state index contributed by atoms with van der Waals surface area (Å²) in [7, 11) is 4.16. The highest BCUT2D eigenvalue weighted by Crippen LogP contribution is 2.38. The molecule has 0 aromatic heterocycles. The van der Waals surface area contributed by atoms with Crippen LogP contribution in [0.25, 0.3) is 11.1 Å². The monoisotopic (exact) mass is 507 g/mol. The van der Waals surface area contributed by atoms with Gasteiger partial charge in [-0.3, -0.25) is 0 Å². The summed E-state index contributed by atoms with van der Waals surface area (Å²) in [5, 5.41) is 0. The van der Waals surface area contributed by atoms with Gasteiger partial charge in [-0.1, -0.05) is 30.3 Å². The predicted molar refractivity (Wildman–Crippen MR) is 127 cm³/mol. The van der Waals surface area contributed by atoms with E-state index in [4.69, 9.17) is 4.74 Å². The highest BCUT2D eigenvalue weighted by atomic mass is 19.4. The topological polar surface area (TPSA) is 12.5 Å². The Bertz CT molecular complexity index is 1170. The predicted octanol–water partition coefficient (Wildman–Crippen LogP) is 7.64. The van der Waals surface area contributed by atoms with Crippen LogP contribution in [0, 0.1) is 5.92 Å². The second-order valence-corrected chi connectivity index (χ2v) is 9.58. The maximum absolute atomic E-state index is 13.2. The first-order chi connectivity index (χ1) is 16.9. The fourth-order valence-corrected chi connectivity index (χ4v) is 4.65. The third-order valence-corrected chi connectivity index (χ3v) is 6.41. The molecule has 1 aliphatic carbocycles. The van der Waals surface area contributed by atoms with Crippen molar-refractivity contribution in [1.29, 1.82) is 0 Å². The van der Waals surface area contributed by atoms with E-state index in [1.807, 2.05) is 6.07 Å². The van der Waals surface area contributed by atoms with E-state index in [1.54, 1.807) is 12.1 Å². The van der Waals surface area contributed by atoms with Gasteiger partial charge >= 0.3 is 12.4 Å². The molecule has 2 nitrogen and oxygen atoms in total. The molecule has 0 bridgehead atoms. The molecule has 0 radical (unpaired) electrons. The number of rotatable bonds is 6. The maximum atomic E-state index is 13.2. The van der Waals surface area contributed by atoms with E-state index >= 15 is 0 Å². The number of alkyl halides is 6. The number of hydrogen-bond donors (Lipinski definition) is 0. The van der Waals surface area contributed by atoms with E-state index in [9.17, 15) is 26.3 Å². The third kappa shape index (κ3) is 6.40. The molecule has 0 saturated heterocycles. The first-order valence-corrected chi connectivity index (χ1v) is 11.7. The van der Waals surface area contributed by atoms with Crippen LogP contribution < -0.4 is 4.74 Å². The minimum atomic E-state index is -4.88. The molecule has 8 heteroatoms. The van der Waals surface area contributed by atoms with Gasteiger partial charge in [-0.15, -0.1) is 0 Å². The van der Waals surface area contributed by atoms with Crippen LogP contribution in [0.5, 0.6) is 5.75 Å². The largest absolute Gasteiger partial charge is 0.489 e. The Kier molecular flexibility index (Phi) is 7.36. The van der Waals surface area contributed by atoms with E-state index in [1.165, 1.54) is 23.3 Å². The number of fused-ring (bicyclic) bond motifs is 1. The summed E-state index contributed by atoms with van der Waals surface area (Å²) in [5.41, 5.74) is 0.821. The fourth-order valence-electron chi connectivity index (χ4n) is 4.65. The van der Waals surface area contributed by atoms with Crippen LogP contribution in [-0.2, 0) is 31.8 Å². The molecule has 0 fully saturated rings. The van der Waals surface area contributed by atoms with Gasteiger partial charge in [0.15, 0.2) is 0 Å². The van der Waals surface area contributed by atoms with Gasteiger partial charge in [0.05, 0.1) is 11.1 Å². The van der Waals surface area contributed by atoms with Gasteiger partial charge in [0, 0.05) is 6.54 Å². The molecule has 1 atom stereocenters. The van der Waals surface area contributed by atoms with Crippen molar-refractivity contribution in [3.63, 3.8) is 0 Å². The molecule has 0 spiro atoms. The van der Waals surface area contributed by atoms with Crippen molar-refractivity contribution >= 4 is 0 Å². The van der Waals surface area contributed by atoms with E-state index in [0.717, 1.165) is 49.3 Å². The molecule has 3 aromatic carbocycles. The maximum Gasteiger partial charge on any atom is 0.416 e. The zero-order valence-corrected chi connectivity index (χ0v) is 20.0. The second-order valence-electron chi connectivity index (χ2n) is 9.58. The number of halogens is 6. The minimum absolute atomic E-state index is 0.132. The highest BCUT2D eigenvalue weighted by Gasteiger charge is 2.37. The van der Waals surface area contributed by atoms with Crippen molar-refractivity contribution in [1.82, 2.24) is 4.90 Å². The highest BCUT2D eigenvalue weighted by molar-refractivity contribution is 5.66. The normalized spacial score (nSPS) is 16.2. The summed E-state index contributed by atoms with van der Waals surface area (Å²) in [6, 6.07) is 14.0. The minimum Gasteiger partial charge on any atom is -0.489 e. The zero-order chi connectivity index (χ0) is 26.1. The van der Waals surface area contributed by atoms with Crippen molar-refractivity contribution in [3.8, 4) is 16.9 Å². The van der Waals surface area contributed by atoms with Gasteiger partial charge in [0.2, 0.25) is 0 Å². The van der Waals surface area contributed by atoms with Crippen LogP contribution in [0.1, 0.15) is 34.2 Å². The number of ether oxygens (including phenoxy) is 1. The van der Waals surface area contributed by atoms with Gasteiger partial charge in [-0.2, -0.15) is 26.3 Å². The molecule has 3 aromatic rings. The lowest BCUT2D eigenvalue weighted by atomic mass is 9.83. The Morgan fingerprint density at radius 1 is 0.778 bits per heavy atom. The van der Waals surface area contributed by atoms with Crippen LogP contribution >= 0.6 is 0 Å². The Labute approximate surface area is 206 Å². The smallest absolute Gasteiger partial charge is 0.416 e.